The number of rotatable bonds is 3. The minimum absolute atomic E-state index is 0.208. The molecule has 0 bridgehead atoms. The van der Waals surface area contributed by atoms with Crippen molar-refractivity contribution in [1.29, 1.82) is 0 Å². The average Bonchev–Trinajstić information content (AvgIpc) is 2.70. The van der Waals surface area contributed by atoms with Crippen LogP contribution in [0, 0.1) is 0 Å². The predicted octanol–water partition coefficient (Wildman–Crippen LogP) is 2.05. The number of hydrogen-bond acceptors (Lipinski definition) is 5. The molecule has 1 aliphatic rings. The van der Waals surface area contributed by atoms with Crippen LogP contribution in [0.2, 0.25) is 0 Å². The van der Waals surface area contributed by atoms with E-state index in [2.05, 4.69) is 16.6 Å². The molecule has 0 unspecified atom stereocenters. The molecular formula is C8H11NO2S2. The van der Waals surface area contributed by atoms with E-state index in [0.717, 1.165) is 16.5 Å². The van der Waals surface area contributed by atoms with Crippen molar-refractivity contribution in [3.8, 4) is 0 Å². The molecule has 1 saturated heterocycles. The summed E-state index contributed by atoms with van der Waals surface area (Å²) in [7, 11) is 0. The van der Waals surface area contributed by atoms with Crippen LogP contribution in [0.15, 0.2) is 5.38 Å². The second-order valence-corrected chi connectivity index (χ2v) is 4.44. The largest absolute Gasteiger partial charge is 0.344 e. The molecule has 1 aromatic heterocycles. The van der Waals surface area contributed by atoms with Crippen molar-refractivity contribution in [3.63, 3.8) is 0 Å². The van der Waals surface area contributed by atoms with Gasteiger partial charge in [-0.1, -0.05) is 0 Å². The van der Waals surface area contributed by atoms with E-state index in [0.29, 0.717) is 13.2 Å². The molecule has 2 heterocycles. The Balaban J connectivity index is 2.03. The highest BCUT2D eigenvalue weighted by Gasteiger charge is 2.21. The SMILES string of the molecule is CSCc1csc(C2OCCO2)n1. The van der Waals surface area contributed by atoms with E-state index < -0.39 is 0 Å². The summed E-state index contributed by atoms with van der Waals surface area (Å²) >= 11 is 3.39. The maximum Gasteiger partial charge on any atom is 0.211 e. The fraction of sp³-hybridized carbons (Fsp3) is 0.625. The Morgan fingerprint density at radius 2 is 2.38 bits per heavy atom. The third kappa shape index (κ3) is 2.22. The fourth-order valence-electron chi connectivity index (χ4n) is 1.15. The van der Waals surface area contributed by atoms with E-state index in [9.17, 15) is 0 Å². The summed E-state index contributed by atoms with van der Waals surface area (Å²) < 4.78 is 10.7. The number of hydrogen-bond donors (Lipinski definition) is 0. The zero-order valence-corrected chi connectivity index (χ0v) is 8.99. The van der Waals surface area contributed by atoms with Crippen LogP contribution in [0.5, 0.6) is 0 Å². The van der Waals surface area contributed by atoms with Crippen LogP contribution in [-0.4, -0.2) is 24.5 Å². The van der Waals surface area contributed by atoms with Crippen molar-refractivity contribution in [2.45, 2.75) is 12.0 Å². The van der Waals surface area contributed by atoms with Crippen molar-refractivity contribution in [2.24, 2.45) is 0 Å². The lowest BCUT2D eigenvalue weighted by Gasteiger charge is -2.03. The molecule has 0 aromatic carbocycles. The lowest BCUT2D eigenvalue weighted by Crippen LogP contribution is -1.97. The second-order valence-electron chi connectivity index (χ2n) is 2.68. The molecule has 1 aliphatic heterocycles. The first-order valence-electron chi connectivity index (χ1n) is 4.06. The van der Waals surface area contributed by atoms with Gasteiger partial charge in [0, 0.05) is 11.1 Å². The molecule has 3 nitrogen and oxygen atoms in total. The Kier molecular flexibility index (Phi) is 3.21. The summed E-state index contributed by atoms with van der Waals surface area (Å²) in [6, 6.07) is 0. The highest BCUT2D eigenvalue weighted by atomic mass is 32.2. The predicted molar refractivity (Wildman–Crippen MR) is 54.0 cm³/mol. The lowest BCUT2D eigenvalue weighted by atomic mass is 10.5. The van der Waals surface area contributed by atoms with Crippen molar-refractivity contribution in [1.82, 2.24) is 4.98 Å². The fourth-order valence-corrected chi connectivity index (χ4v) is 2.51. The monoisotopic (exact) mass is 217 g/mol. The van der Waals surface area contributed by atoms with Crippen LogP contribution in [0.3, 0.4) is 0 Å². The molecule has 13 heavy (non-hydrogen) atoms. The number of ether oxygens (including phenoxy) is 2. The Hall–Kier alpha value is -0.100. The van der Waals surface area contributed by atoms with Gasteiger partial charge in [-0.2, -0.15) is 11.8 Å². The van der Waals surface area contributed by atoms with E-state index in [4.69, 9.17) is 9.47 Å². The molecule has 0 N–H and O–H groups in total. The van der Waals surface area contributed by atoms with Gasteiger partial charge in [0.2, 0.25) is 6.29 Å². The number of thioether (sulfide) groups is 1. The summed E-state index contributed by atoms with van der Waals surface area (Å²) in [6.07, 6.45) is 1.86. The molecule has 0 saturated carbocycles. The lowest BCUT2D eigenvalue weighted by molar-refractivity contribution is -0.0442. The Morgan fingerprint density at radius 1 is 1.62 bits per heavy atom. The molecule has 72 valence electrons. The number of nitrogens with zero attached hydrogens (tertiary/aromatic N) is 1. The highest BCUT2D eigenvalue weighted by molar-refractivity contribution is 7.97. The van der Waals surface area contributed by atoms with Gasteiger partial charge < -0.3 is 9.47 Å². The average molecular weight is 217 g/mol. The highest BCUT2D eigenvalue weighted by Crippen LogP contribution is 2.26. The Morgan fingerprint density at radius 3 is 3.08 bits per heavy atom. The summed E-state index contributed by atoms with van der Waals surface area (Å²) in [5.41, 5.74) is 1.12. The first kappa shape index (κ1) is 9.45. The van der Waals surface area contributed by atoms with E-state index in [1.807, 2.05) is 0 Å². The smallest absolute Gasteiger partial charge is 0.211 e. The second kappa shape index (κ2) is 4.41. The molecule has 0 aliphatic carbocycles. The maximum atomic E-state index is 5.35. The number of thiazole rings is 1. The van der Waals surface area contributed by atoms with E-state index >= 15 is 0 Å². The number of aromatic nitrogens is 1. The van der Waals surface area contributed by atoms with Gasteiger partial charge >= 0.3 is 0 Å². The molecular weight excluding hydrogens is 206 g/mol. The van der Waals surface area contributed by atoms with Crippen LogP contribution in [0.1, 0.15) is 17.0 Å². The van der Waals surface area contributed by atoms with Gasteiger partial charge in [0.25, 0.3) is 0 Å². The van der Waals surface area contributed by atoms with Gasteiger partial charge in [0.05, 0.1) is 18.9 Å². The van der Waals surface area contributed by atoms with Crippen LogP contribution in [0.25, 0.3) is 0 Å². The molecule has 2 rings (SSSR count). The third-order valence-corrected chi connectivity index (χ3v) is 3.18. The minimum Gasteiger partial charge on any atom is -0.344 e. The van der Waals surface area contributed by atoms with E-state index in [-0.39, 0.29) is 6.29 Å². The topological polar surface area (TPSA) is 31.4 Å². The zero-order valence-electron chi connectivity index (χ0n) is 7.36. The van der Waals surface area contributed by atoms with Crippen molar-refractivity contribution < 1.29 is 9.47 Å². The van der Waals surface area contributed by atoms with Crippen molar-refractivity contribution >= 4 is 23.1 Å². The quantitative estimate of drug-likeness (QED) is 0.775. The zero-order chi connectivity index (χ0) is 9.10. The van der Waals surface area contributed by atoms with Gasteiger partial charge in [-0.15, -0.1) is 11.3 Å². The van der Waals surface area contributed by atoms with Crippen molar-refractivity contribution in [3.05, 3.63) is 16.1 Å². The first-order valence-corrected chi connectivity index (χ1v) is 6.34. The normalized spacial score (nSPS) is 18.2. The molecule has 0 atom stereocenters. The third-order valence-electron chi connectivity index (χ3n) is 1.69. The molecule has 0 radical (unpaired) electrons. The van der Waals surface area contributed by atoms with Crippen molar-refractivity contribution in [2.75, 3.05) is 19.5 Å². The molecule has 1 aromatic rings. The van der Waals surface area contributed by atoms with Gasteiger partial charge in [-0.25, -0.2) is 4.98 Å². The molecule has 5 heteroatoms. The van der Waals surface area contributed by atoms with Crippen LogP contribution in [0.4, 0.5) is 0 Å². The maximum absolute atomic E-state index is 5.35. The van der Waals surface area contributed by atoms with Gasteiger partial charge in [0.15, 0.2) is 0 Å². The van der Waals surface area contributed by atoms with E-state index in [1.54, 1.807) is 23.1 Å². The first-order chi connectivity index (χ1) is 6.40. The molecule has 1 fully saturated rings. The summed E-state index contributed by atoms with van der Waals surface area (Å²) in [4.78, 5) is 4.43. The summed E-state index contributed by atoms with van der Waals surface area (Å²) in [5, 5.41) is 3.01. The molecule has 0 amide bonds. The standard InChI is InChI=1S/C8H11NO2S2/c1-12-4-6-5-13-7(9-6)8-10-2-3-11-8/h5,8H,2-4H2,1H3. The summed E-state index contributed by atoms with van der Waals surface area (Å²) in [5.74, 6) is 0.962. The van der Waals surface area contributed by atoms with E-state index in [1.165, 1.54) is 0 Å². The molecule has 0 spiro atoms. The Bertz CT molecular complexity index is 271. The van der Waals surface area contributed by atoms with Gasteiger partial charge in [0.1, 0.15) is 5.01 Å². The van der Waals surface area contributed by atoms with Gasteiger partial charge in [-0.05, 0) is 6.26 Å². The minimum atomic E-state index is -0.208. The van der Waals surface area contributed by atoms with Crippen LogP contribution < -0.4 is 0 Å². The van der Waals surface area contributed by atoms with Crippen LogP contribution >= 0.6 is 23.1 Å². The van der Waals surface area contributed by atoms with Gasteiger partial charge in [-0.3, -0.25) is 0 Å². The Labute approximate surface area is 85.5 Å². The van der Waals surface area contributed by atoms with Crippen LogP contribution in [-0.2, 0) is 15.2 Å². The summed E-state index contributed by atoms with van der Waals surface area (Å²) in [6.45, 7) is 1.37.